The van der Waals surface area contributed by atoms with E-state index in [0.29, 0.717) is 11.5 Å². The number of amides is 1. The van der Waals surface area contributed by atoms with Crippen molar-refractivity contribution in [3.8, 4) is 0 Å². The van der Waals surface area contributed by atoms with E-state index in [1.54, 1.807) is 19.1 Å². The lowest BCUT2D eigenvalue weighted by Gasteiger charge is -2.20. The average molecular weight is 439 g/mol. The molecule has 0 bridgehead atoms. The second-order valence-electron chi connectivity index (χ2n) is 7.13. The molecule has 0 radical (unpaired) electrons. The molecular weight excluding hydrogens is 418 g/mol. The molecule has 2 atom stereocenters. The molecule has 4 rings (SSSR count). The molecule has 31 heavy (non-hydrogen) atoms. The monoisotopic (exact) mass is 439 g/mol. The third kappa shape index (κ3) is 4.35. The number of carbonyl (C=O) groups is 1. The van der Waals surface area contributed by atoms with Crippen LogP contribution in [0.3, 0.4) is 0 Å². The quantitative estimate of drug-likeness (QED) is 0.535. The van der Waals surface area contributed by atoms with E-state index in [1.807, 2.05) is 30.3 Å². The predicted octanol–water partition coefficient (Wildman–Crippen LogP) is 2.16. The molecule has 0 spiro atoms. The highest BCUT2D eigenvalue weighted by Crippen LogP contribution is 2.30. The van der Waals surface area contributed by atoms with Gasteiger partial charge in [-0.05, 0) is 30.2 Å². The highest BCUT2D eigenvalue weighted by atomic mass is 32.2. The number of nitrogens with one attached hydrogen (secondary N) is 2. The molecule has 9 nitrogen and oxygen atoms in total. The number of sulfonamides is 1. The topological polar surface area (TPSA) is 140 Å². The van der Waals surface area contributed by atoms with Crippen molar-refractivity contribution in [3.63, 3.8) is 0 Å². The van der Waals surface area contributed by atoms with Gasteiger partial charge in [-0.2, -0.15) is 8.42 Å². The van der Waals surface area contributed by atoms with E-state index in [4.69, 9.17) is 10.2 Å². The number of carbonyl (C=O) groups excluding carboxylic acids is 1. The summed E-state index contributed by atoms with van der Waals surface area (Å²) < 4.78 is 34.4. The van der Waals surface area contributed by atoms with Gasteiger partial charge < -0.3 is 20.8 Å². The van der Waals surface area contributed by atoms with Crippen molar-refractivity contribution >= 4 is 27.5 Å². The maximum absolute atomic E-state index is 12.7. The molecular formula is C21H21N5O4S. The molecule has 0 saturated carbocycles. The molecule has 0 fully saturated rings. The van der Waals surface area contributed by atoms with E-state index < -0.39 is 15.9 Å². The number of nitrogens with zero attached hydrogens (tertiary/aromatic N) is 2. The lowest BCUT2D eigenvalue weighted by molar-refractivity contribution is -0.114. The fraction of sp³-hybridized carbons (Fsp3) is 0.190. The van der Waals surface area contributed by atoms with Gasteiger partial charge in [0.2, 0.25) is 11.7 Å². The van der Waals surface area contributed by atoms with E-state index in [-0.39, 0.29) is 34.9 Å². The zero-order chi connectivity index (χ0) is 22.0. The molecule has 0 saturated heterocycles. The maximum atomic E-state index is 12.7. The van der Waals surface area contributed by atoms with Gasteiger partial charge in [-0.15, -0.1) is 4.40 Å². The minimum atomic E-state index is -4.05. The Bertz CT molecular complexity index is 1220. The van der Waals surface area contributed by atoms with Crippen LogP contribution in [0, 0.1) is 0 Å². The van der Waals surface area contributed by atoms with E-state index in [0.717, 1.165) is 5.56 Å². The number of nitrogens with two attached hydrogens (primary N) is 1. The fourth-order valence-corrected chi connectivity index (χ4v) is 4.42. The maximum Gasteiger partial charge on any atom is 0.287 e. The second-order valence-corrected chi connectivity index (χ2v) is 8.70. The van der Waals surface area contributed by atoms with Crippen molar-refractivity contribution in [2.45, 2.75) is 23.8 Å². The van der Waals surface area contributed by atoms with Crippen LogP contribution < -0.4 is 16.4 Å². The summed E-state index contributed by atoms with van der Waals surface area (Å²) in [4.78, 5) is 16.9. The van der Waals surface area contributed by atoms with Crippen LogP contribution >= 0.6 is 0 Å². The number of rotatable bonds is 6. The van der Waals surface area contributed by atoms with Crippen LogP contribution in [0.1, 0.15) is 35.9 Å². The molecule has 1 aliphatic rings. The molecule has 0 aliphatic carbocycles. The van der Waals surface area contributed by atoms with Crippen LogP contribution in [0.5, 0.6) is 0 Å². The number of hydrogen-bond acceptors (Lipinski definition) is 7. The lowest BCUT2D eigenvalue weighted by Crippen LogP contribution is -2.40. The Kier molecular flexibility index (Phi) is 5.57. The first-order valence-electron chi connectivity index (χ1n) is 9.59. The Balaban J connectivity index is 1.55. The van der Waals surface area contributed by atoms with Gasteiger partial charge in [-0.25, -0.2) is 4.98 Å². The largest absolute Gasteiger partial charge is 0.448 e. The predicted molar refractivity (Wildman–Crippen MR) is 115 cm³/mol. The van der Waals surface area contributed by atoms with Gasteiger partial charge in [0.05, 0.1) is 17.8 Å². The van der Waals surface area contributed by atoms with E-state index >= 15 is 0 Å². The Hall–Kier alpha value is -3.50. The fourth-order valence-electron chi connectivity index (χ4n) is 3.27. The standard InChI is InChI=1S/C21H21N5O4S/c1-13(22)15-7-8-17-18(11-15)31(28,29)26-19(25-17)20(27)24-12-16(21-23-9-10-30-21)14-5-3-2-4-6-14/h2-11,13,16H,12,22H2,1H3,(H,24,27)(H,25,26). The first kappa shape index (κ1) is 20.8. The summed E-state index contributed by atoms with van der Waals surface area (Å²) in [5.41, 5.74) is 7.66. The molecule has 10 heteroatoms. The molecule has 3 aromatic rings. The van der Waals surface area contributed by atoms with Crippen LogP contribution in [0.15, 0.2) is 74.7 Å². The van der Waals surface area contributed by atoms with Crippen LogP contribution in [0.25, 0.3) is 0 Å². The second kappa shape index (κ2) is 8.32. The lowest BCUT2D eigenvalue weighted by atomic mass is 9.99. The summed E-state index contributed by atoms with van der Waals surface area (Å²) in [6.45, 7) is 1.89. The zero-order valence-corrected chi connectivity index (χ0v) is 17.5. The first-order chi connectivity index (χ1) is 14.8. The molecule has 160 valence electrons. The van der Waals surface area contributed by atoms with Gasteiger partial charge in [0, 0.05) is 12.6 Å². The van der Waals surface area contributed by atoms with Gasteiger partial charge in [0.1, 0.15) is 11.2 Å². The van der Waals surface area contributed by atoms with Crippen molar-refractivity contribution in [2.75, 3.05) is 11.9 Å². The Morgan fingerprint density at radius 1 is 1.19 bits per heavy atom. The molecule has 2 heterocycles. The smallest absolute Gasteiger partial charge is 0.287 e. The molecule has 2 aromatic carbocycles. The van der Waals surface area contributed by atoms with Crippen LogP contribution in [0.4, 0.5) is 5.69 Å². The summed E-state index contributed by atoms with van der Waals surface area (Å²) in [7, 11) is -4.05. The van der Waals surface area contributed by atoms with Gasteiger partial charge >= 0.3 is 0 Å². The zero-order valence-electron chi connectivity index (χ0n) is 16.6. The normalized spacial score (nSPS) is 16.4. The third-order valence-electron chi connectivity index (χ3n) is 4.91. The van der Waals surface area contributed by atoms with E-state index in [2.05, 4.69) is 20.0 Å². The summed E-state index contributed by atoms with van der Waals surface area (Å²) in [5.74, 6) is -0.869. The molecule has 2 unspecified atom stereocenters. The van der Waals surface area contributed by atoms with E-state index in [1.165, 1.54) is 18.5 Å². The van der Waals surface area contributed by atoms with Crippen LogP contribution in [0.2, 0.25) is 0 Å². The number of benzene rings is 2. The SMILES string of the molecule is CC(N)c1ccc2c(c1)S(=O)(=O)N=C(C(=O)NCC(c1ccccc1)c1ncco1)N2. The minimum absolute atomic E-state index is 0.0132. The highest BCUT2D eigenvalue weighted by molar-refractivity contribution is 7.90. The molecule has 1 amide bonds. The Morgan fingerprint density at radius 2 is 1.97 bits per heavy atom. The third-order valence-corrected chi connectivity index (χ3v) is 6.22. The van der Waals surface area contributed by atoms with Crippen molar-refractivity contribution in [1.82, 2.24) is 10.3 Å². The Labute approximate surface area is 179 Å². The number of aromatic nitrogens is 1. The number of fused-ring (bicyclic) bond motifs is 1. The molecule has 1 aromatic heterocycles. The molecule has 1 aliphatic heterocycles. The summed E-state index contributed by atoms with van der Waals surface area (Å²) >= 11 is 0. The number of oxazole rings is 1. The van der Waals surface area contributed by atoms with Crippen molar-refractivity contribution in [3.05, 3.63) is 78.0 Å². The van der Waals surface area contributed by atoms with E-state index in [9.17, 15) is 13.2 Å². The Morgan fingerprint density at radius 3 is 2.65 bits per heavy atom. The van der Waals surface area contributed by atoms with Crippen molar-refractivity contribution < 1.29 is 17.6 Å². The van der Waals surface area contributed by atoms with Gasteiger partial charge in [-0.1, -0.05) is 36.4 Å². The van der Waals surface area contributed by atoms with Gasteiger partial charge in [-0.3, -0.25) is 4.79 Å². The van der Waals surface area contributed by atoms with Crippen LogP contribution in [-0.4, -0.2) is 31.7 Å². The minimum Gasteiger partial charge on any atom is -0.448 e. The average Bonchev–Trinajstić information content (AvgIpc) is 3.28. The summed E-state index contributed by atoms with van der Waals surface area (Å²) in [6.07, 6.45) is 2.99. The van der Waals surface area contributed by atoms with Gasteiger partial charge in [0.15, 0.2) is 0 Å². The number of hydrogen-bond donors (Lipinski definition) is 3. The number of anilines is 1. The number of amidine groups is 1. The van der Waals surface area contributed by atoms with Crippen LogP contribution in [-0.2, 0) is 14.8 Å². The van der Waals surface area contributed by atoms with Gasteiger partial charge in [0.25, 0.3) is 15.9 Å². The summed E-state index contributed by atoms with van der Waals surface area (Å²) in [5, 5.41) is 5.52. The molecule has 4 N–H and O–H groups in total. The highest BCUT2D eigenvalue weighted by Gasteiger charge is 2.29. The van der Waals surface area contributed by atoms with Crippen molar-refractivity contribution in [2.24, 2.45) is 10.1 Å². The van der Waals surface area contributed by atoms with Crippen molar-refractivity contribution in [1.29, 1.82) is 0 Å². The first-order valence-corrected chi connectivity index (χ1v) is 11.0. The summed E-state index contributed by atoms with van der Waals surface area (Å²) in [6, 6.07) is 13.8.